The molecule has 0 bridgehead atoms. The molecule has 0 radical (unpaired) electrons. The first-order chi connectivity index (χ1) is 8.36. The molecule has 0 aliphatic carbocycles. The number of rotatable bonds is 6. The molecule has 92 valence electrons. The van der Waals surface area contributed by atoms with Crippen molar-refractivity contribution in [2.45, 2.75) is 26.4 Å². The molecule has 0 atom stereocenters. The molecule has 2 heterocycles. The van der Waals surface area contributed by atoms with Crippen molar-refractivity contribution in [3.8, 4) is 0 Å². The molecule has 2 rings (SSSR count). The van der Waals surface area contributed by atoms with E-state index in [-0.39, 0.29) is 0 Å². The third-order valence-corrected chi connectivity index (χ3v) is 2.64. The largest absolute Gasteiger partial charge is 0.382 e. The van der Waals surface area contributed by atoms with Crippen LogP contribution in [0.5, 0.6) is 0 Å². The van der Waals surface area contributed by atoms with Gasteiger partial charge in [0, 0.05) is 26.0 Å². The Morgan fingerprint density at radius 3 is 3.12 bits per heavy atom. The van der Waals surface area contributed by atoms with Crippen molar-refractivity contribution < 1.29 is 4.74 Å². The number of fused-ring (bicyclic) bond motifs is 1. The zero-order valence-electron chi connectivity index (χ0n) is 10.1. The minimum atomic E-state index is 0.436. The highest BCUT2D eigenvalue weighted by Gasteiger charge is 2.09. The van der Waals surface area contributed by atoms with Crippen LogP contribution in [0.15, 0.2) is 18.3 Å². The monoisotopic (exact) mass is 234 g/mol. The van der Waals surface area contributed by atoms with E-state index in [0.29, 0.717) is 6.54 Å². The van der Waals surface area contributed by atoms with Gasteiger partial charge in [-0.2, -0.15) is 0 Å². The molecule has 0 saturated heterocycles. The van der Waals surface area contributed by atoms with Crippen molar-refractivity contribution in [1.82, 2.24) is 14.5 Å². The first-order valence-corrected chi connectivity index (χ1v) is 5.94. The molecule has 0 aromatic carbocycles. The molecular formula is C12H18N4O. The van der Waals surface area contributed by atoms with Crippen LogP contribution in [0, 0.1) is 0 Å². The van der Waals surface area contributed by atoms with E-state index in [4.69, 9.17) is 10.5 Å². The molecule has 2 aromatic rings. The van der Waals surface area contributed by atoms with Crippen molar-refractivity contribution in [1.29, 1.82) is 0 Å². The molecule has 5 nitrogen and oxygen atoms in total. The lowest BCUT2D eigenvalue weighted by molar-refractivity contribution is 0.141. The quantitative estimate of drug-likeness (QED) is 0.765. The maximum atomic E-state index is 5.70. The maximum Gasteiger partial charge on any atom is 0.160 e. The Labute approximate surface area is 101 Å². The number of ether oxygens (including phenoxy) is 1. The van der Waals surface area contributed by atoms with Gasteiger partial charge in [0.2, 0.25) is 0 Å². The van der Waals surface area contributed by atoms with Crippen LogP contribution in [0.3, 0.4) is 0 Å². The summed E-state index contributed by atoms with van der Waals surface area (Å²) in [5.74, 6) is 0.884. The summed E-state index contributed by atoms with van der Waals surface area (Å²) in [4.78, 5) is 8.82. The van der Waals surface area contributed by atoms with Crippen LogP contribution in [0.2, 0.25) is 0 Å². The molecular weight excluding hydrogens is 216 g/mol. The van der Waals surface area contributed by atoms with Crippen LogP contribution in [-0.4, -0.2) is 27.7 Å². The summed E-state index contributed by atoms with van der Waals surface area (Å²) in [6.45, 7) is 4.80. The summed E-state index contributed by atoms with van der Waals surface area (Å²) in [5, 5.41) is 0. The molecule has 0 aliphatic rings. The third-order valence-electron chi connectivity index (χ3n) is 2.64. The molecule has 0 aliphatic heterocycles. The first-order valence-electron chi connectivity index (χ1n) is 5.94. The van der Waals surface area contributed by atoms with Gasteiger partial charge in [-0.1, -0.05) is 0 Å². The van der Waals surface area contributed by atoms with Crippen molar-refractivity contribution in [2.24, 2.45) is 5.73 Å². The highest BCUT2D eigenvalue weighted by molar-refractivity contribution is 5.71. The standard InChI is InChI=1S/C12H18N4O/c1-2-17-8-4-7-16-11(9-13)15-10-5-3-6-14-12(10)16/h3,5-6H,2,4,7-9,13H2,1H3. The predicted octanol–water partition coefficient (Wildman–Crippen LogP) is 1.32. The van der Waals surface area contributed by atoms with Gasteiger partial charge in [0.05, 0.1) is 6.54 Å². The van der Waals surface area contributed by atoms with E-state index in [1.54, 1.807) is 6.20 Å². The fourth-order valence-corrected chi connectivity index (χ4v) is 1.87. The Bertz CT molecular complexity index is 480. The van der Waals surface area contributed by atoms with E-state index in [9.17, 15) is 0 Å². The van der Waals surface area contributed by atoms with Gasteiger partial charge in [0.25, 0.3) is 0 Å². The normalized spacial score (nSPS) is 11.2. The summed E-state index contributed by atoms with van der Waals surface area (Å²) < 4.78 is 7.41. The number of aryl methyl sites for hydroxylation is 1. The number of aromatic nitrogens is 3. The highest BCUT2D eigenvalue weighted by atomic mass is 16.5. The van der Waals surface area contributed by atoms with E-state index < -0.39 is 0 Å². The molecule has 0 amide bonds. The second-order valence-corrected chi connectivity index (χ2v) is 3.78. The van der Waals surface area contributed by atoms with Gasteiger partial charge in [0.15, 0.2) is 5.65 Å². The lowest BCUT2D eigenvalue weighted by Crippen LogP contribution is -2.10. The molecule has 2 aromatic heterocycles. The van der Waals surface area contributed by atoms with Crippen LogP contribution in [0.4, 0.5) is 0 Å². The molecule has 0 fully saturated rings. The van der Waals surface area contributed by atoms with Gasteiger partial charge in [-0.25, -0.2) is 9.97 Å². The van der Waals surface area contributed by atoms with E-state index >= 15 is 0 Å². The summed E-state index contributed by atoms with van der Waals surface area (Å²) in [5.41, 5.74) is 7.52. The van der Waals surface area contributed by atoms with Crippen LogP contribution < -0.4 is 5.73 Å². The second kappa shape index (κ2) is 5.75. The number of pyridine rings is 1. The minimum absolute atomic E-state index is 0.436. The summed E-state index contributed by atoms with van der Waals surface area (Å²) in [6.07, 6.45) is 2.73. The van der Waals surface area contributed by atoms with E-state index in [2.05, 4.69) is 14.5 Å². The molecule has 0 saturated carbocycles. The molecule has 17 heavy (non-hydrogen) atoms. The van der Waals surface area contributed by atoms with E-state index in [1.807, 2.05) is 19.1 Å². The maximum absolute atomic E-state index is 5.70. The van der Waals surface area contributed by atoms with Crippen molar-refractivity contribution in [3.63, 3.8) is 0 Å². The molecule has 2 N–H and O–H groups in total. The summed E-state index contributed by atoms with van der Waals surface area (Å²) in [6, 6.07) is 3.85. The van der Waals surface area contributed by atoms with Crippen molar-refractivity contribution in [3.05, 3.63) is 24.2 Å². The Kier molecular flexibility index (Phi) is 4.06. The summed E-state index contributed by atoms with van der Waals surface area (Å²) >= 11 is 0. The Hall–Kier alpha value is -1.46. The summed E-state index contributed by atoms with van der Waals surface area (Å²) in [7, 11) is 0. The second-order valence-electron chi connectivity index (χ2n) is 3.78. The Balaban J connectivity index is 2.18. The number of hydrogen-bond acceptors (Lipinski definition) is 4. The van der Waals surface area contributed by atoms with E-state index in [1.165, 1.54) is 0 Å². The van der Waals surface area contributed by atoms with E-state index in [0.717, 1.165) is 43.2 Å². The van der Waals surface area contributed by atoms with Crippen molar-refractivity contribution >= 4 is 11.2 Å². The zero-order chi connectivity index (χ0) is 12.1. The van der Waals surface area contributed by atoms with Crippen LogP contribution in [-0.2, 0) is 17.8 Å². The number of hydrogen-bond donors (Lipinski definition) is 1. The smallest absolute Gasteiger partial charge is 0.160 e. The lowest BCUT2D eigenvalue weighted by Gasteiger charge is -2.07. The van der Waals surface area contributed by atoms with Gasteiger partial charge in [-0.3, -0.25) is 0 Å². The van der Waals surface area contributed by atoms with Gasteiger partial charge in [-0.05, 0) is 25.5 Å². The number of nitrogens with two attached hydrogens (primary N) is 1. The SMILES string of the molecule is CCOCCCn1c(CN)nc2cccnc21. The Morgan fingerprint density at radius 1 is 1.47 bits per heavy atom. The number of nitrogens with zero attached hydrogens (tertiary/aromatic N) is 3. The zero-order valence-corrected chi connectivity index (χ0v) is 10.1. The van der Waals surface area contributed by atoms with Gasteiger partial charge < -0.3 is 15.0 Å². The van der Waals surface area contributed by atoms with Gasteiger partial charge in [0.1, 0.15) is 11.3 Å². The minimum Gasteiger partial charge on any atom is -0.382 e. The van der Waals surface area contributed by atoms with Crippen molar-refractivity contribution in [2.75, 3.05) is 13.2 Å². The fourth-order valence-electron chi connectivity index (χ4n) is 1.87. The fraction of sp³-hybridized carbons (Fsp3) is 0.500. The predicted molar refractivity (Wildman–Crippen MR) is 66.5 cm³/mol. The molecule has 0 unspecified atom stereocenters. The van der Waals surface area contributed by atoms with Crippen LogP contribution >= 0.6 is 0 Å². The average molecular weight is 234 g/mol. The topological polar surface area (TPSA) is 66.0 Å². The van der Waals surface area contributed by atoms with Gasteiger partial charge in [-0.15, -0.1) is 0 Å². The highest BCUT2D eigenvalue weighted by Crippen LogP contribution is 2.13. The first kappa shape index (κ1) is 12.0. The van der Waals surface area contributed by atoms with Crippen LogP contribution in [0.25, 0.3) is 11.2 Å². The average Bonchev–Trinajstić information content (AvgIpc) is 2.73. The lowest BCUT2D eigenvalue weighted by atomic mass is 10.4. The number of imidazole rings is 1. The molecule has 0 spiro atoms. The molecule has 5 heteroatoms. The third kappa shape index (κ3) is 2.62. The van der Waals surface area contributed by atoms with Crippen LogP contribution in [0.1, 0.15) is 19.2 Å². The Morgan fingerprint density at radius 2 is 2.35 bits per heavy atom. The van der Waals surface area contributed by atoms with Gasteiger partial charge >= 0.3 is 0 Å².